The molecule has 3 aromatic rings. The van der Waals surface area contributed by atoms with E-state index in [1.54, 1.807) is 15.8 Å². The van der Waals surface area contributed by atoms with Gasteiger partial charge in [-0.05, 0) is 18.2 Å². The minimum atomic E-state index is -0.125. The number of amides is 1. The van der Waals surface area contributed by atoms with Crippen LogP contribution < -0.4 is 0 Å². The van der Waals surface area contributed by atoms with E-state index in [4.69, 9.17) is 0 Å². The number of pyridine rings is 1. The standard InChI is InChI=1S/C18H20N4O/c1-14(12-22-11-5-10-19-22)18(23)21(2)13-16-9-8-15-6-3-4-7-17(15)20-16/h3-11,14H,12-13H2,1-2H3/t14-/m0/s1. The third kappa shape index (κ3) is 3.56. The second kappa shape index (κ2) is 6.60. The van der Waals surface area contributed by atoms with Gasteiger partial charge in [-0.15, -0.1) is 0 Å². The fraction of sp³-hybridized carbons (Fsp3) is 0.278. The fourth-order valence-electron chi connectivity index (χ4n) is 2.66. The lowest BCUT2D eigenvalue weighted by atomic mass is 10.1. The highest BCUT2D eigenvalue weighted by atomic mass is 16.2. The smallest absolute Gasteiger partial charge is 0.227 e. The van der Waals surface area contributed by atoms with Crippen molar-refractivity contribution in [3.63, 3.8) is 0 Å². The molecular formula is C18H20N4O. The van der Waals surface area contributed by atoms with Gasteiger partial charge in [0.05, 0.1) is 30.2 Å². The van der Waals surface area contributed by atoms with E-state index in [0.717, 1.165) is 16.6 Å². The molecule has 0 fully saturated rings. The van der Waals surface area contributed by atoms with Crippen LogP contribution >= 0.6 is 0 Å². The number of nitrogens with zero attached hydrogens (tertiary/aromatic N) is 4. The van der Waals surface area contributed by atoms with Gasteiger partial charge in [0, 0.05) is 24.8 Å². The average molecular weight is 308 g/mol. The lowest BCUT2D eigenvalue weighted by molar-refractivity contribution is -0.134. The van der Waals surface area contributed by atoms with Gasteiger partial charge in [-0.1, -0.05) is 31.2 Å². The number of para-hydroxylation sites is 1. The quantitative estimate of drug-likeness (QED) is 0.728. The molecule has 1 atom stereocenters. The van der Waals surface area contributed by atoms with Gasteiger partial charge >= 0.3 is 0 Å². The van der Waals surface area contributed by atoms with Crippen molar-refractivity contribution in [2.45, 2.75) is 20.0 Å². The highest BCUT2D eigenvalue weighted by molar-refractivity contribution is 5.79. The van der Waals surface area contributed by atoms with Gasteiger partial charge in [-0.2, -0.15) is 5.10 Å². The number of carbonyl (C=O) groups is 1. The first kappa shape index (κ1) is 15.2. The molecule has 2 aromatic heterocycles. The largest absolute Gasteiger partial charge is 0.340 e. The molecule has 0 N–H and O–H groups in total. The summed E-state index contributed by atoms with van der Waals surface area (Å²) in [6.07, 6.45) is 3.59. The molecule has 118 valence electrons. The summed E-state index contributed by atoms with van der Waals surface area (Å²) >= 11 is 0. The summed E-state index contributed by atoms with van der Waals surface area (Å²) in [5, 5.41) is 5.26. The van der Waals surface area contributed by atoms with Crippen molar-refractivity contribution >= 4 is 16.8 Å². The molecule has 5 heteroatoms. The summed E-state index contributed by atoms with van der Waals surface area (Å²) in [4.78, 5) is 18.8. The van der Waals surface area contributed by atoms with Crippen molar-refractivity contribution in [2.24, 2.45) is 5.92 Å². The summed E-state index contributed by atoms with van der Waals surface area (Å²) in [5.74, 6) is -0.0317. The van der Waals surface area contributed by atoms with Crippen LogP contribution in [0.25, 0.3) is 10.9 Å². The molecule has 0 bridgehead atoms. The number of hydrogen-bond donors (Lipinski definition) is 0. The maximum absolute atomic E-state index is 12.5. The number of carbonyl (C=O) groups excluding carboxylic acids is 1. The molecule has 0 radical (unpaired) electrons. The first-order chi connectivity index (χ1) is 11.1. The zero-order chi connectivity index (χ0) is 16.2. The van der Waals surface area contributed by atoms with E-state index in [2.05, 4.69) is 10.1 Å². The summed E-state index contributed by atoms with van der Waals surface area (Å²) in [6, 6.07) is 13.9. The molecule has 0 aliphatic rings. The Morgan fingerprint density at radius 2 is 2.04 bits per heavy atom. The van der Waals surface area contributed by atoms with Gasteiger partial charge < -0.3 is 4.90 Å². The van der Waals surface area contributed by atoms with E-state index in [0.29, 0.717) is 13.1 Å². The number of aromatic nitrogens is 3. The zero-order valence-electron chi connectivity index (χ0n) is 13.4. The predicted molar refractivity (Wildman–Crippen MR) is 89.6 cm³/mol. The molecule has 1 aromatic carbocycles. The van der Waals surface area contributed by atoms with Crippen LogP contribution in [0.15, 0.2) is 54.9 Å². The first-order valence-corrected chi connectivity index (χ1v) is 7.70. The minimum absolute atomic E-state index is 0.0930. The van der Waals surface area contributed by atoms with Gasteiger partial charge in [0.1, 0.15) is 0 Å². The Labute approximate surface area is 135 Å². The van der Waals surface area contributed by atoms with Crippen LogP contribution in [-0.4, -0.2) is 32.6 Å². The Kier molecular flexibility index (Phi) is 4.37. The molecule has 5 nitrogen and oxygen atoms in total. The third-order valence-electron chi connectivity index (χ3n) is 3.87. The van der Waals surface area contributed by atoms with E-state index in [1.165, 1.54) is 0 Å². The lowest BCUT2D eigenvalue weighted by Gasteiger charge is -2.21. The monoisotopic (exact) mass is 308 g/mol. The molecule has 0 saturated carbocycles. The van der Waals surface area contributed by atoms with E-state index < -0.39 is 0 Å². The molecule has 0 aliphatic carbocycles. The SMILES string of the molecule is C[C@@H](Cn1cccn1)C(=O)N(C)Cc1ccc2ccccc2n1. The molecule has 1 amide bonds. The van der Waals surface area contributed by atoms with Gasteiger partial charge in [0.25, 0.3) is 0 Å². The Balaban J connectivity index is 1.66. The molecule has 3 rings (SSSR count). The van der Waals surface area contributed by atoms with Gasteiger partial charge in [-0.3, -0.25) is 14.5 Å². The van der Waals surface area contributed by atoms with Gasteiger partial charge in [-0.25, -0.2) is 0 Å². The highest BCUT2D eigenvalue weighted by Gasteiger charge is 2.18. The van der Waals surface area contributed by atoms with Crippen LogP contribution in [0.2, 0.25) is 0 Å². The molecular weight excluding hydrogens is 288 g/mol. The van der Waals surface area contributed by atoms with Crippen LogP contribution in [0.5, 0.6) is 0 Å². The van der Waals surface area contributed by atoms with E-state index in [9.17, 15) is 4.79 Å². The van der Waals surface area contributed by atoms with Crippen LogP contribution in [0, 0.1) is 5.92 Å². The Bertz CT molecular complexity index is 798. The van der Waals surface area contributed by atoms with Crippen LogP contribution in [0.3, 0.4) is 0 Å². The van der Waals surface area contributed by atoms with Crippen LogP contribution in [0.4, 0.5) is 0 Å². The minimum Gasteiger partial charge on any atom is -0.340 e. The number of hydrogen-bond acceptors (Lipinski definition) is 3. The topological polar surface area (TPSA) is 51.0 Å². The summed E-state index contributed by atoms with van der Waals surface area (Å²) < 4.78 is 1.78. The lowest BCUT2D eigenvalue weighted by Crippen LogP contribution is -2.33. The van der Waals surface area contributed by atoms with Gasteiger partial charge in [0.15, 0.2) is 0 Å². The Hall–Kier alpha value is -2.69. The summed E-state index contributed by atoms with van der Waals surface area (Å²) in [5.41, 5.74) is 1.85. The number of fused-ring (bicyclic) bond motifs is 1. The van der Waals surface area contributed by atoms with Crippen LogP contribution in [0.1, 0.15) is 12.6 Å². The molecule has 0 spiro atoms. The second-order valence-electron chi connectivity index (χ2n) is 5.82. The number of benzene rings is 1. The van der Waals surface area contributed by atoms with Crippen molar-refractivity contribution in [1.82, 2.24) is 19.7 Å². The Morgan fingerprint density at radius 1 is 1.22 bits per heavy atom. The highest BCUT2D eigenvalue weighted by Crippen LogP contribution is 2.14. The zero-order valence-corrected chi connectivity index (χ0v) is 13.4. The van der Waals surface area contributed by atoms with E-state index in [1.807, 2.05) is 62.6 Å². The Morgan fingerprint density at radius 3 is 2.83 bits per heavy atom. The van der Waals surface area contributed by atoms with Crippen molar-refractivity contribution in [1.29, 1.82) is 0 Å². The van der Waals surface area contributed by atoms with Crippen LogP contribution in [-0.2, 0) is 17.9 Å². The van der Waals surface area contributed by atoms with Crippen molar-refractivity contribution in [3.8, 4) is 0 Å². The predicted octanol–water partition coefficient (Wildman–Crippen LogP) is 2.73. The summed E-state index contributed by atoms with van der Waals surface area (Å²) in [7, 11) is 1.82. The average Bonchev–Trinajstić information content (AvgIpc) is 3.07. The molecule has 0 unspecified atom stereocenters. The van der Waals surface area contributed by atoms with E-state index >= 15 is 0 Å². The van der Waals surface area contributed by atoms with E-state index in [-0.39, 0.29) is 11.8 Å². The fourth-order valence-corrected chi connectivity index (χ4v) is 2.66. The van der Waals surface area contributed by atoms with Crippen molar-refractivity contribution in [2.75, 3.05) is 7.05 Å². The molecule has 0 aliphatic heterocycles. The molecule has 2 heterocycles. The normalized spacial score (nSPS) is 12.3. The molecule has 0 saturated heterocycles. The third-order valence-corrected chi connectivity index (χ3v) is 3.87. The maximum Gasteiger partial charge on any atom is 0.227 e. The number of rotatable bonds is 5. The first-order valence-electron chi connectivity index (χ1n) is 7.70. The summed E-state index contributed by atoms with van der Waals surface area (Å²) in [6.45, 7) is 3.02. The van der Waals surface area contributed by atoms with Crippen molar-refractivity contribution < 1.29 is 4.79 Å². The van der Waals surface area contributed by atoms with Crippen molar-refractivity contribution in [3.05, 3.63) is 60.6 Å². The maximum atomic E-state index is 12.5. The van der Waals surface area contributed by atoms with Gasteiger partial charge in [0.2, 0.25) is 5.91 Å². The second-order valence-corrected chi connectivity index (χ2v) is 5.82. The molecule has 23 heavy (non-hydrogen) atoms.